The Labute approximate surface area is 176 Å². The molecule has 5 rings (SSSR count). The molecule has 0 aromatic heterocycles. The number of rotatable bonds is 4. The molecule has 0 amide bonds. The van der Waals surface area contributed by atoms with Crippen LogP contribution in [0, 0.1) is 18.7 Å². The number of allylic oxidation sites excluding steroid dienone is 2. The summed E-state index contributed by atoms with van der Waals surface area (Å²) in [5.74, 6) is 1.62. The van der Waals surface area contributed by atoms with E-state index < -0.39 is 0 Å². The predicted molar refractivity (Wildman–Crippen MR) is 120 cm³/mol. The maximum Gasteiger partial charge on any atom is 0.123 e. The van der Waals surface area contributed by atoms with Crippen LogP contribution < -0.4 is 5.32 Å². The molecule has 0 bridgehead atoms. The van der Waals surface area contributed by atoms with Gasteiger partial charge in [0.15, 0.2) is 0 Å². The third-order valence-electron chi connectivity index (χ3n) is 6.08. The lowest BCUT2D eigenvalue weighted by atomic mass is 9.76. The molecule has 1 aliphatic carbocycles. The van der Waals surface area contributed by atoms with Gasteiger partial charge in [0.25, 0.3) is 0 Å². The summed E-state index contributed by atoms with van der Waals surface area (Å²) in [6.07, 6.45) is 5.67. The van der Waals surface area contributed by atoms with Crippen molar-refractivity contribution in [2.75, 3.05) is 5.32 Å². The summed E-state index contributed by atoms with van der Waals surface area (Å²) in [5, 5.41) is 3.77. The van der Waals surface area contributed by atoms with E-state index in [-0.39, 0.29) is 11.9 Å². The molecule has 0 fully saturated rings. The minimum atomic E-state index is -0.164. The first-order chi connectivity index (χ1) is 14.2. The Kier molecular flexibility index (Phi) is 4.92. The van der Waals surface area contributed by atoms with Crippen molar-refractivity contribution in [1.82, 2.24) is 0 Å². The van der Waals surface area contributed by atoms with Crippen molar-refractivity contribution < 1.29 is 4.39 Å². The highest BCUT2D eigenvalue weighted by atomic mass is 32.2. The second-order valence-corrected chi connectivity index (χ2v) is 9.06. The maximum atomic E-state index is 13.9. The van der Waals surface area contributed by atoms with E-state index in [2.05, 4.69) is 66.9 Å². The first-order valence-electron chi connectivity index (χ1n) is 10.2. The Bertz CT molecular complexity index is 1060. The lowest BCUT2D eigenvalue weighted by Crippen LogP contribution is -2.29. The van der Waals surface area contributed by atoms with Crippen molar-refractivity contribution in [3.8, 4) is 0 Å². The van der Waals surface area contributed by atoms with Crippen LogP contribution in [0.3, 0.4) is 0 Å². The molecule has 29 heavy (non-hydrogen) atoms. The summed E-state index contributed by atoms with van der Waals surface area (Å²) in [7, 11) is 0. The lowest BCUT2D eigenvalue weighted by Gasteiger charge is -2.38. The first-order valence-corrected chi connectivity index (χ1v) is 11.2. The maximum absolute atomic E-state index is 13.9. The minimum Gasteiger partial charge on any atom is -0.377 e. The van der Waals surface area contributed by atoms with Crippen molar-refractivity contribution in [3.63, 3.8) is 0 Å². The normalized spacial score (nSPS) is 22.1. The molecule has 0 spiro atoms. The number of aryl methyl sites for hydroxylation is 1. The predicted octanol–water partition coefficient (Wildman–Crippen LogP) is 7.25. The number of anilines is 1. The Morgan fingerprint density at radius 1 is 1.03 bits per heavy atom. The zero-order chi connectivity index (χ0) is 19.8. The van der Waals surface area contributed by atoms with Crippen LogP contribution in [0.2, 0.25) is 0 Å². The summed E-state index contributed by atoms with van der Waals surface area (Å²) in [5.41, 5.74) is 6.28. The van der Waals surface area contributed by atoms with Crippen LogP contribution >= 0.6 is 11.8 Å². The standard InChI is InChI=1S/C26H24FNS/c1-17-13-18(16-29-21-9-3-2-4-10-21)14-24-22-11-6-12-23(22)26(28-25(17)24)19-7-5-8-20(27)15-19/h2-11,13-15,22-23,26,28H,12,16H2,1H3/t22-,23-,26-/m1/s1. The summed E-state index contributed by atoms with van der Waals surface area (Å²) >= 11 is 1.88. The van der Waals surface area contributed by atoms with Gasteiger partial charge in [-0.1, -0.05) is 54.6 Å². The molecule has 146 valence electrons. The second-order valence-electron chi connectivity index (χ2n) is 8.01. The number of benzene rings is 3. The molecule has 3 atom stereocenters. The molecule has 3 heteroatoms. The molecule has 3 aromatic carbocycles. The van der Waals surface area contributed by atoms with Gasteiger partial charge in [-0.15, -0.1) is 11.8 Å². The van der Waals surface area contributed by atoms with E-state index in [1.165, 1.54) is 33.3 Å². The van der Waals surface area contributed by atoms with Crippen LogP contribution in [0.25, 0.3) is 0 Å². The fourth-order valence-corrected chi connectivity index (χ4v) is 5.61. The van der Waals surface area contributed by atoms with E-state index in [1.54, 1.807) is 6.07 Å². The topological polar surface area (TPSA) is 12.0 Å². The number of thioether (sulfide) groups is 1. The van der Waals surface area contributed by atoms with Gasteiger partial charge in [-0.25, -0.2) is 4.39 Å². The first kappa shape index (κ1) is 18.5. The molecule has 0 unspecified atom stereocenters. The average molecular weight is 402 g/mol. The molecule has 0 saturated carbocycles. The number of halogens is 1. The zero-order valence-electron chi connectivity index (χ0n) is 16.4. The SMILES string of the molecule is Cc1cc(CSc2ccccc2)cc2c1N[C@H](c1cccc(F)c1)[C@@H]1CC=C[C@@H]21. The molecular formula is C26H24FNS. The minimum absolute atomic E-state index is 0.140. The fourth-order valence-electron chi connectivity index (χ4n) is 4.76. The fraction of sp³-hybridized carbons (Fsp3) is 0.231. The van der Waals surface area contributed by atoms with Crippen molar-refractivity contribution in [3.05, 3.63) is 107 Å². The van der Waals surface area contributed by atoms with Gasteiger partial charge in [0.05, 0.1) is 6.04 Å². The van der Waals surface area contributed by atoms with Crippen LogP contribution in [0.1, 0.15) is 40.6 Å². The summed E-state index contributed by atoms with van der Waals surface area (Å²) in [6.45, 7) is 2.18. The van der Waals surface area contributed by atoms with E-state index in [9.17, 15) is 4.39 Å². The van der Waals surface area contributed by atoms with Crippen LogP contribution in [0.4, 0.5) is 10.1 Å². The summed E-state index contributed by atoms with van der Waals surface area (Å²) in [6, 6.07) is 22.4. The van der Waals surface area contributed by atoms with Crippen molar-refractivity contribution in [2.45, 2.75) is 36.0 Å². The van der Waals surface area contributed by atoms with Crippen molar-refractivity contribution >= 4 is 17.4 Å². The molecule has 1 heterocycles. The third-order valence-corrected chi connectivity index (χ3v) is 7.17. The largest absolute Gasteiger partial charge is 0.377 e. The van der Waals surface area contributed by atoms with Crippen LogP contribution in [-0.2, 0) is 5.75 Å². The van der Waals surface area contributed by atoms with Gasteiger partial charge >= 0.3 is 0 Å². The average Bonchev–Trinajstić information content (AvgIpc) is 3.23. The third kappa shape index (κ3) is 3.60. The molecule has 0 radical (unpaired) electrons. The molecule has 2 aliphatic rings. The van der Waals surface area contributed by atoms with Gasteiger partial charge in [-0.05, 0) is 65.8 Å². The molecule has 1 aliphatic heterocycles. The van der Waals surface area contributed by atoms with Crippen LogP contribution in [0.15, 0.2) is 83.8 Å². The number of hydrogen-bond donors (Lipinski definition) is 1. The molecule has 3 aromatic rings. The van der Waals surface area contributed by atoms with E-state index in [1.807, 2.05) is 23.9 Å². The van der Waals surface area contributed by atoms with Gasteiger partial charge in [0.1, 0.15) is 5.82 Å². The van der Waals surface area contributed by atoms with Crippen LogP contribution in [0.5, 0.6) is 0 Å². The van der Waals surface area contributed by atoms with E-state index in [0.29, 0.717) is 11.8 Å². The van der Waals surface area contributed by atoms with Crippen molar-refractivity contribution in [2.24, 2.45) is 5.92 Å². The Hall–Kier alpha value is -2.52. The molecular weight excluding hydrogens is 377 g/mol. The Morgan fingerprint density at radius 2 is 1.90 bits per heavy atom. The molecule has 1 N–H and O–H groups in total. The highest BCUT2D eigenvalue weighted by Gasteiger charge is 2.38. The second kappa shape index (κ2) is 7.72. The zero-order valence-corrected chi connectivity index (χ0v) is 17.3. The lowest BCUT2D eigenvalue weighted by molar-refractivity contribution is 0.423. The van der Waals surface area contributed by atoms with Gasteiger partial charge in [-0.3, -0.25) is 0 Å². The van der Waals surface area contributed by atoms with Gasteiger partial charge < -0.3 is 5.32 Å². The van der Waals surface area contributed by atoms with Crippen LogP contribution in [-0.4, -0.2) is 0 Å². The highest BCUT2D eigenvalue weighted by Crippen LogP contribution is 2.51. The van der Waals surface area contributed by atoms with Crippen molar-refractivity contribution in [1.29, 1.82) is 0 Å². The monoisotopic (exact) mass is 401 g/mol. The van der Waals surface area contributed by atoms with Gasteiger partial charge in [0.2, 0.25) is 0 Å². The molecule has 1 nitrogen and oxygen atoms in total. The summed E-state index contributed by atoms with van der Waals surface area (Å²) < 4.78 is 13.9. The van der Waals surface area contributed by atoms with Gasteiger partial charge in [0, 0.05) is 22.3 Å². The number of nitrogens with one attached hydrogen (secondary N) is 1. The van der Waals surface area contributed by atoms with E-state index in [0.717, 1.165) is 17.7 Å². The number of hydrogen-bond acceptors (Lipinski definition) is 2. The quantitative estimate of drug-likeness (QED) is 0.365. The Balaban J connectivity index is 1.47. The van der Waals surface area contributed by atoms with E-state index >= 15 is 0 Å². The highest BCUT2D eigenvalue weighted by molar-refractivity contribution is 7.98. The molecule has 0 saturated heterocycles. The number of fused-ring (bicyclic) bond motifs is 3. The summed E-state index contributed by atoms with van der Waals surface area (Å²) in [4.78, 5) is 1.30. The van der Waals surface area contributed by atoms with E-state index in [4.69, 9.17) is 0 Å². The Morgan fingerprint density at radius 3 is 2.72 bits per heavy atom. The smallest absolute Gasteiger partial charge is 0.123 e. The van der Waals surface area contributed by atoms with Gasteiger partial charge in [-0.2, -0.15) is 0 Å².